The Labute approximate surface area is 125 Å². The smallest absolute Gasteiger partial charge is 0.302 e. The molecule has 1 spiro atoms. The van der Waals surface area contributed by atoms with E-state index in [0.29, 0.717) is 0 Å². The van der Waals surface area contributed by atoms with Crippen LogP contribution >= 0.6 is 0 Å². The Morgan fingerprint density at radius 3 is 2.57 bits per heavy atom. The second kappa shape index (κ2) is 6.16. The van der Waals surface area contributed by atoms with E-state index in [-0.39, 0.29) is 24.0 Å². The zero-order valence-electron chi connectivity index (χ0n) is 12.4. The third-order valence-corrected chi connectivity index (χ3v) is 4.43. The lowest BCUT2D eigenvalue weighted by atomic mass is 9.80. The fourth-order valence-corrected chi connectivity index (χ4v) is 3.28. The summed E-state index contributed by atoms with van der Waals surface area (Å²) in [6.45, 7) is 2.19. The van der Waals surface area contributed by atoms with Gasteiger partial charge in [0.1, 0.15) is 6.10 Å². The zero-order chi connectivity index (χ0) is 14.7. The molecule has 1 aliphatic carbocycles. The van der Waals surface area contributed by atoms with Crippen molar-refractivity contribution in [1.82, 2.24) is 0 Å². The van der Waals surface area contributed by atoms with Gasteiger partial charge in [0, 0.05) is 18.9 Å². The summed E-state index contributed by atoms with van der Waals surface area (Å²) in [5.41, 5.74) is 0.953. The Morgan fingerprint density at radius 2 is 1.90 bits per heavy atom. The molecule has 1 atom stereocenters. The van der Waals surface area contributed by atoms with Gasteiger partial charge in [-0.3, -0.25) is 4.79 Å². The number of esters is 1. The Balaban J connectivity index is 1.63. The van der Waals surface area contributed by atoms with Crippen molar-refractivity contribution in [1.29, 1.82) is 0 Å². The van der Waals surface area contributed by atoms with Crippen molar-refractivity contribution >= 4 is 5.97 Å². The van der Waals surface area contributed by atoms with Crippen LogP contribution in [0.15, 0.2) is 30.3 Å². The van der Waals surface area contributed by atoms with Gasteiger partial charge in [-0.2, -0.15) is 0 Å². The maximum Gasteiger partial charge on any atom is 0.302 e. The van der Waals surface area contributed by atoms with Gasteiger partial charge in [-0.05, 0) is 25.7 Å². The minimum atomic E-state index is -0.273. The molecule has 0 N–H and O–H groups in total. The zero-order valence-corrected chi connectivity index (χ0v) is 12.4. The van der Waals surface area contributed by atoms with Gasteiger partial charge in [0.15, 0.2) is 6.29 Å². The van der Waals surface area contributed by atoms with Crippen LogP contribution in [0.1, 0.15) is 50.9 Å². The lowest BCUT2D eigenvalue weighted by molar-refractivity contribution is -0.273. The highest BCUT2D eigenvalue weighted by Gasteiger charge is 2.42. The highest BCUT2D eigenvalue weighted by Crippen LogP contribution is 2.42. The number of hydrogen-bond acceptors (Lipinski definition) is 4. The molecule has 4 heteroatoms. The summed E-state index contributed by atoms with van der Waals surface area (Å²) in [7, 11) is 0. The van der Waals surface area contributed by atoms with Crippen LogP contribution in [0.25, 0.3) is 0 Å². The average Bonchev–Trinajstić information content (AvgIpc) is 2.51. The molecule has 1 aliphatic heterocycles. The van der Waals surface area contributed by atoms with Crippen LogP contribution < -0.4 is 0 Å². The number of hydrogen-bond donors (Lipinski definition) is 0. The molecule has 21 heavy (non-hydrogen) atoms. The Bertz CT molecular complexity index is 477. The lowest BCUT2D eigenvalue weighted by Gasteiger charge is -2.45. The molecule has 1 aromatic rings. The predicted octanol–water partition coefficient (Wildman–Crippen LogP) is 3.37. The highest BCUT2D eigenvalue weighted by molar-refractivity contribution is 5.66. The summed E-state index contributed by atoms with van der Waals surface area (Å²) in [5.74, 6) is -0.189. The molecule has 2 aliphatic rings. The number of carbonyl (C=O) groups is 1. The van der Waals surface area contributed by atoms with E-state index in [1.807, 2.05) is 30.3 Å². The van der Waals surface area contributed by atoms with Crippen LogP contribution in [0.3, 0.4) is 0 Å². The van der Waals surface area contributed by atoms with Crippen molar-refractivity contribution < 1.29 is 19.0 Å². The first-order valence-electron chi connectivity index (χ1n) is 7.68. The van der Waals surface area contributed by atoms with E-state index < -0.39 is 0 Å². The van der Waals surface area contributed by atoms with Crippen molar-refractivity contribution in [2.24, 2.45) is 0 Å². The average molecular weight is 290 g/mol. The third-order valence-electron chi connectivity index (χ3n) is 4.43. The molecule has 3 rings (SSSR count). The van der Waals surface area contributed by atoms with Crippen LogP contribution in [-0.4, -0.2) is 24.3 Å². The summed E-state index contributed by atoms with van der Waals surface area (Å²) in [4.78, 5) is 11.0. The highest BCUT2D eigenvalue weighted by atomic mass is 16.7. The second-order valence-corrected chi connectivity index (χ2v) is 5.97. The Kier molecular flexibility index (Phi) is 4.27. The van der Waals surface area contributed by atoms with Crippen molar-refractivity contribution in [3.8, 4) is 0 Å². The summed E-state index contributed by atoms with van der Waals surface area (Å²) in [6.07, 6.45) is 4.31. The molecule has 1 heterocycles. The number of rotatable bonds is 2. The minimum Gasteiger partial charge on any atom is -0.463 e. The molecule has 0 aromatic heterocycles. The molecule has 0 amide bonds. The number of carbonyl (C=O) groups excluding carboxylic acids is 1. The SMILES string of the molecule is CC(=O)OC1CCC2(CCOC(c3ccccc3)O2)CC1. The van der Waals surface area contributed by atoms with Gasteiger partial charge >= 0.3 is 5.97 Å². The van der Waals surface area contributed by atoms with E-state index >= 15 is 0 Å². The summed E-state index contributed by atoms with van der Waals surface area (Å²) in [5, 5.41) is 0. The van der Waals surface area contributed by atoms with E-state index in [2.05, 4.69) is 0 Å². The van der Waals surface area contributed by atoms with Crippen LogP contribution in [0, 0.1) is 0 Å². The first-order valence-corrected chi connectivity index (χ1v) is 7.68. The maximum atomic E-state index is 11.0. The topological polar surface area (TPSA) is 44.8 Å². The van der Waals surface area contributed by atoms with Crippen molar-refractivity contribution in [3.63, 3.8) is 0 Å². The maximum absolute atomic E-state index is 11.0. The van der Waals surface area contributed by atoms with E-state index in [9.17, 15) is 4.79 Å². The fraction of sp³-hybridized carbons (Fsp3) is 0.588. The fourth-order valence-electron chi connectivity index (χ4n) is 3.28. The van der Waals surface area contributed by atoms with Gasteiger partial charge in [0.25, 0.3) is 0 Å². The van der Waals surface area contributed by atoms with E-state index in [1.54, 1.807) is 0 Å². The van der Waals surface area contributed by atoms with E-state index in [0.717, 1.165) is 44.3 Å². The molecule has 1 saturated carbocycles. The van der Waals surface area contributed by atoms with Gasteiger partial charge in [-0.15, -0.1) is 0 Å². The molecule has 1 aromatic carbocycles. The van der Waals surface area contributed by atoms with E-state index in [1.165, 1.54) is 6.92 Å². The van der Waals surface area contributed by atoms with Gasteiger partial charge in [-0.1, -0.05) is 30.3 Å². The molecule has 1 saturated heterocycles. The molecule has 0 radical (unpaired) electrons. The second-order valence-electron chi connectivity index (χ2n) is 5.97. The van der Waals surface area contributed by atoms with Crippen molar-refractivity contribution in [3.05, 3.63) is 35.9 Å². The molecule has 114 valence electrons. The van der Waals surface area contributed by atoms with Gasteiger partial charge in [-0.25, -0.2) is 0 Å². The molecular formula is C17H22O4. The molecular weight excluding hydrogens is 268 g/mol. The monoisotopic (exact) mass is 290 g/mol. The number of benzene rings is 1. The minimum absolute atomic E-state index is 0.0507. The quantitative estimate of drug-likeness (QED) is 0.783. The summed E-state index contributed by atoms with van der Waals surface area (Å²) < 4.78 is 17.4. The molecule has 4 nitrogen and oxygen atoms in total. The van der Waals surface area contributed by atoms with Gasteiger partial charge < -0.3 is 14.2 Å². The first-order chi connectivity index (χ1) is 10.2. The van der Waals surface area contributed by atoms with Crippen LogP contribution in [-0.2, 0) is 19.0 Å². The molecule has 1 unspecified atom stereocenters. The third kappa shape index (κ3) is 3.44. The Morgan fingerprint density at radius 1 is 1.19 bits per heavy atom. The standard InChI is InChI=1S/C17H22O4/c1-13(18)20-15-7-9-17(10-8-15)11-12-19-16(21-17)14-5-3-2-4-6-14/h2-6,15-16H,7-12H2,1H3. The molecule has 2 fully saturated rings. The summed E-state index contributed by atoms with van der Waals surface area (Å²) >= 11 is 0. The van der Waals surface area contributed by atoms with Crippen LogP contribution in [0.5, 0.6) is 0 Å². The van der Waals surface area contributed by atoms with Crippen LogP contribution in [0.2, 0.25) is 0 Å². The number of ether oxygens (including phenoxy) is 3. The van der Waals surface area contributed by atoms with Crippen LogP contribution in [0.4, 0.5) is 0 Å². The predicted molar refractivity (Wildman–Crippen MR) is 77.6 cm³/mol. The van der Waals surface area contributed by atoms with Crippen molar-refractivity contribution in [2.75, 3.05) is 6.61 Å². The lowest BCUT2D eigenvalue weighted by Crippen LogP contribution is -2.44. The van der Waals surface area contributed by atoms with E-state index in [4.69, 9.17) is 14.2 Å². The van der Waals surface area contributed by atoms with Gasteiger partial charge in [0.2, 0.25) is 0 Å². The molecule has 0 bridgehead atoms. The Hall–Kier alpha value is -1.39. The normalized spacial score (nSPS) is 32.8. The van der Waals surface area contributed by atoms with Gasteiger partial charge in [0.05, 0.1) is 12.2 Å². The van der Waals surface area contributed by atoms with Crippen molar-refractivity contribution in [2.45, 2.75) is 57.0 Å². The first kappa shape index (κ1) is 14.5. The largest absolute Gasteiger partial charge is 0.463 e. The summed E-state index contributed by atoms with van der Waals surface area (Å²) in [6, 6.07) is 10.1.